The number of nitrogens with one attached hydrogen (secondary N) is 1. The molecule has 1 fully saturated rings. The molecule has 2 radical (unpaired) electrons. The number of likely N-dealkylation sites (N-methyl/N-ethyl adjacent to an activating group) is 1. The molecule has 3 aliphatic rings. The van der Waals surface area contributed by atoms with Crippen molar-refractivity contribution in [2.75, 3.05) is 13.6 Å². The topological polar surface area (TPSA) is 91.3 Å². The van der Waals surface area contributed by atoms with Gasteiger partial charge >= 0.3 is 218 Å². The van der Waals surface area contributed by atoms with Gasteiger partial charge in [-0.2, -0.15) is 0 Å². The zero-order valence-corrected chi connectivity index (χ0v) is 22.9. The van der Waals surface area contributed by atoms with Crippen molar-refractivity contribution in [3.8, 4) is 0 Å². The van der Waals surface area contributed by atoms with Crippen LogP contribution in [-0.4, -0.2) is 77.5 Å². The van der Waals surface area contributed by atoms with Crippen molar-refractivity contribution in [3.05, 3.63) is 69.9 Å². The molecule has 0 saturated carbocycles. The zero-order chi connectivity index (χ0) is 24.9. The van der Waals surface area contributed by atoms with Gasteiger partial charge in [0.25, 0.3) is 0 Å². The Morgan fingerprint density at radius 3 is 2.74 bits per heavy atom. The Balaban J connectivity index is 1.91. The normalized spacial score (nSPS) is 24.2. The van der Waals surface area contributed by atoms with Crippen LogP contribution in [0.4, 0.5) is 4.39 Å². The molecule has 1 aliphatic carbocycles. The van der Waals surface area contributed by atoms with Crippen molar-refractivity contribution in [3.63, 3.8) is 0 Å². The SMILES string of the molecule is C=C1NN=C([C@H]([CH]([Sb])c2c(F)ccc(C)c2C)N2CC(=O)N(C)C3=CC(Cl)CC=C3S2(=O)=O)O1. The van der Waals surface area contributed by atoms with E-state index in [4.69, 9.17) is 16.3 Å². The Bertz CT molecular complexity index is 1280. The Hall–Kier alpha value is -1.87. The third-order valence-corrected chi connectivity index (χ3v) is 9.89. The van der Waals surface area contributed by atoms with E-state index in [-0.39, 0.29) is 22.4 Å². The van der Waals surface area contributed by atoms with Crippen LogP contribution >= 0.6 is 11.6 Å². The van der Waals surface area contributed by atoms with Crippen molar-refractivity contribution in [2.45, 2.75) is 35.6 Å². The number of hydrazone groups is 1. The molecule has 3 atom stereocenters. The molecule has 1 amide bonds. The van der Waals surface area contributed by atoms with Gasteiger partial charge in [0, 0.05) is 0 Å². The van der Waals surface area contributed by atoms with Gasteiger partial charge in [-0.3, -0.25) is 0 Å². The van der Waals surface area contributed by atoms with Gasteiger partial charge in [-0.15, -0.1) is 0 Å². The van der Waals surface area contributed by atoms with Crippen molar-refractivity contribution >= 4 is 56.5 Å². The van der Waals surface area contributed by atoms with Crippen LogP contribution in [-0.2, 0) is 19.6 Å². The Morgan fingerprint density at radius 1 is 1.38 bits per heavy atom. The van der Waals surface area contributed by atoms with E-state index in [0.717, 1.165) is 9.87 Å². The predicted molar refractivity (Wildman–Crippen MR) is 128 cm³/mol. The number of alkyl halides is 1. The number of carbonyl (C=O) groups excluding carboxylic acids is 1. The number of halogens is 2. The molecule has 4 rings (SSSR count). The van der Waals surface area contributed by atoms with E-state index in [0.29, 0.717) is 17.5 Å². The maximum atomic E-state index is 15.1. The van der Waals surface area contributed by atoms with Crippen LogP contribution in [0, 0.1) is 19.7 Å². The second-order valence-corrected chi connectivity index (χ2v) is 12.3. The van der Waals surface area contributed by atoms with Crippen molar-refractivity contribution in [1.82, 2.24) is 14.6 Å². The van der Waals surface area contributed by atoms with Crippen LogP contribution in [0.1, 0.15) is 27.0 Å². The van der Waals surface area contributed by atoms with Gasteiger partial charge in [-0.25, -0.2) is 0 Å². The molecular formula is C22H23ClFN4O4SSb. The first kappa shape index (κ1) is 25.2. The van der Waals surface area contributed by atoms with Crippen LogP contribution in [0.2, 0.25) is 0 Å². The standard InChI is InChI=1S/C22H23ClFN4O4S.Sb/c1-12-5-7-17(24)16(13(12)2)10-19(22-26-25-14(3)32-22)28-11-21(29)27(4)18-9-15(23)6-8-20(18)33(28,30)31;/h5,7-10,15,19,25H,3,6,11H2,1-2,4H3;/t15?,19-;/m0./s1. The van der Waals surface area contributed by atoms with Crippen LogP contribution in [0.3, 0.4) is 0 Å². The number of sulfonamides is 1. The number of hydrogen-bond acceptors (Lipinski definition) is 6. The van der Waals surface area contributed by atoms with Gasteiger partial charge in [-0.05, 0) is 0 Å². The number of allylic oxidation sites excluding steroid dienone is 2. The summed E-state index contributed by atoms with van der Waals surface area (Å²) in [7, 11) is -2.71. The first-order chi connectivity index (χ1) is 15.9. The molecule has 0 spiro atoms. The van der Waals surface area contributed by atoms with E-state index < -0.39 is 43.6 Å². The summed E-state index contributed by atoms with van der Waals surface area (Å²) < 4.78 is 49.0. The van der Waals surface area contributed by atoms with Gasteiger partial charge in [0.1, 0.15) is 0 Å². The zero-order valence-electron chi connectivity index (χ0n) is 18.7. The number of benzene rings is 1. The first-order valence-electron chi connectivity index (χ1n) is 10.4. The van der Waals surface area contributed by atoms with E-state index in [1.54, 1.807) is 19.1 Å². The Morgan fingerprint density at radius 2 is 2.09 bits per heavy atom. The fourth-order valence-corrected chi connectivity index (χ4v) is 8.18. The molecule has 1 saturated heterocycles. The van der Waals surface area contributed by atoms with Crippen LogP contribution in [0.5, 0.6) is 0 Å². The second-order valence-electron chi connectivity index (χ2n) is 8.25. The third-order valence-electron chi connectivity index (χ3n) is 6.14. The molecule has 1 aromatic carbocycles. The van der Waals surface area contributed by atoms with Gasteiger partial charge in [0.2, 0.25) is 0 Å². The van der Waals surface area contributed by atoms with E-state index in [1.165, 1.54) is 47.1 Å². The number of carbonyl (C=O) groups is 1. The first-order valence-corrected chi connectivity index (χ1v) is 13.8. The number of rotatable bonds is 4. The Kier molecular flexibility index (Phi) is 6.90. The molecule has 34 heavy (non-hydrogen) atoms. The van der Waals surface area contributed by atoms with E-state index >= 15 is 4.39 Å². The van der Waals surface area contributed by atoms with Crippen LogP contribution in [0.15, 0.2) is 52.5 Å². The van der Waals surface area contributed by atoms with Crippen molar-refractivity contribution in [2.24, 2.45) is 5.10 Å². The average Bonchev–Trinajstić information content (AvgIpc) is 3.18. The predicted octanol–water partition coefficient (Wildman–Crippen LogP) is 2.31. The van der Waals surface area contributed by atoms with E-state index in [9.17, 15) is 13.2 Å². The molecule has 1 aromatic rings. The van der Waals surface area contributed by atoms with Crippen LogP contribution < -0.4 is 5.43 Å². The summed E-state index contributed by atoms with van der Waals surface area (Å²) in [6.45, 7) is 6.83. The molecular weight excluding hydrogens is 593 g/mol. The monoisotopic (exact) mass is 614 g/mol. The second kappa shape index (κ2) is 9.30. The Labute approximate surface area is 216 Å². The number of amides is 1. The number of nitrogens with zero attached hydrogens (tertiary/aromatic N) is 3. The molecule has 180 valence electrons. The molecule has 2 aliphatic heterocycles. The molecule has 8 nitrogen and oxygen atoms in total. The van der Waals surface area contributed by atoms with Crippen molar-refractivity contribution in [1.29, 1.82) is 0 Å². The number of hydrogen-bond donors (Lipinski definition) is 1. The fraction of sp³-hybridized carbons (Fsp3) is 0.364. The fourth-order valence-electron chi connectivity index (χ4n) is 4.15. The summed E-state index contributed by atoms with van der Waals surface area (Å²) in [4.78, 5) is 14.4. The molecule has 0 bridgehead atoms. The van der Waals surface area contributed by atoms with Gasteiger partial charge in [0.05, 0.1) is 0 Å². The van der Waals surface area contributed by atoms with Crippen LogP contribution in [0.25, 0.3) is 0 Å². The van der Waals surface area contributed by atoms with E-state index in [1.807, 2.05) is 6.92 Å². The van der Waals surface area contributed by atoms with Gasteiger partial charge < -0.3 is 0 Å². The average molecular weight is 616 g/mol. The summed E-state index contributed by atoms with van der Waals surface area (Å²) in [6.07, 6.45) is 3.37. The van der Waals surface area contributed by atoms with Gasteiger partial charge in [-0.1, -0.05) is 0 Å². The van der Waals surface area contributed by atoms with E-state index in [2.05, 4.69) is 17.1 Å². The molecule has 2 unspecified atom stereocenters. The quantitative estimate of drug-likeness (QED) is 0.415. The molecule has 12 heteroatoms. The minimum absolute atomic E-state index is 0.00519. The maximum absolute atomic E-state index is 15.1. The summed E-state index contributed by atoms with van der Waals surface area (Å²) in [5, 5.41) is 3.68. The molecule has 0 aromatic heterocycles. The third kappa shape index (κ3) is 4.30. The summed E-state index contributed by atoms with van der Waals surface area (Å²) in [6, 6.07) is 1.92. The van der Waals surface area contributed by atoms with Gasteiger partial charge in [0.15, 0.2) is 0 Å². The van der Waals surface area contributed by atoms with Crippen molar-refractivity contribution < 1.29 is 22.3 Å². The summed E-state index contributed by atoms with van der Waals surface area (Å²) in [5.41, 5.74) is 4.71. The number of ether oxygens (including phenoxy) is 1. The number of fused-ring (bicyclic) bond motifs is 1. The summed E-state index contributed by atoms with van der Waals surface area (Å²) >= 11 is 7.44. The molecule has 1 N–H and O–H groups in total. The number of aryl methyl sites for hydroxylation is 1. The summed E-state index contributed by atoms with van der Waals surface area (Å²) in [5.74, 6) is -0.825. The molecule has 2 heterocycles. The minimum atomic E-state index is -4.22.